The van der Waals surface area contributed by atoms with Crippen LogP contribution in [0.3, 0.4) is 0 Å². The Labute approximate surface area is 79.0 Å². The van der Waals surface area contributed by atoms with Gasteiger partial charge in [0, 0.05) is 11.6 Å². The van der Waals surface area contributed by atoms with E-state index in [-0.39, 0.29) is 5.43 Å². The molecule has 0 saturated heterocycles. The lowest BCUT2D eigenvalue weighted by Gasteiger charge is -2.03. The summed E-state index contributed by atoms with van der Waals surface area (Å²) in [6.07, 6.45) is -0.275. The van der Waals surface area contributed by atoms with Crippen LogP contribution >= 0.6 is 0 Å². The Morgan fingerprint density at radius 1 is 1.21 bits per heavy atom. The van der Waals surface area contributed by atoms with Crippen molar-refractivity contribution < 1.29 is 14.6 Å². The van der Waals surface area contributed by atoms with E-state index in [1.54, 1.807) is 0 Å². The summed E-state index contributed by atoms with van der Waals surface area (Å²) in [5.41, 5.74) is 0.500. The van der Waals surface area contributed by atoms with E-state index in [2.05, 4.69) is 0 Å². The molecule has 0 saturated carbocycles. The second-order valence-corrected chi connectivity index (χ2v) is 2.91. The highest BCUT2D eigenvalue weighted by atomic mass is 16.5. The number of aliphatic hydroxyl groups is 2. The fraction of sp³-hybridized carbons (Fsp3) is 0.100. The van der Waals surface area contributed by atoms with Crippen LogP contribution in [0, 0.1) is 0 Å². The third-order valence-electron chi connectivity index (χ3n) is 1.98. The Bertz CT molecular complexity index is 513. The number of rotatable bonds is 1. The van der Waals surface area contributed by atoms with E-state index in [0.717, 1.165) is 0 Å². The van der Waals surface area contributed by atoms with Crippen LogP contribution in [0.5, 0.6) is 0 Å². The number of fused-ring (bicyclic) bond motifs is 1. The lowest BCUT2D eigenvalue weighted by atomic mass is 10.1. The predicted molar refractivity (Wildman–Crippen MR) is 49.7 cm³/mol. The van der Waals surface area contributed by atoms with Crippen molar-refractivity contribution in [3.63, 3.8) is 0 Å². The van der Waals surface area contributed by atoms with Crippen molar-refractivity contribution in [2.24, 2.45) is 0 Å². The molecular formula is C10H8O4. The van der Waals surface area contributed by atoms with Crippen molar-refractivity contribution in [2.75, 3.05) is 0 Å². The van der Waals surface area contributed by atoms with E-state index in [1.807, 2.05) is 0 Å². The van der Waals surface area contributed by atoms with E-state index < -0.39 is 6.29 Å². The molecule has 0 aliphatic heterocycles. The molecule has 2 aromatic rings. The van der Waals surface area contributed by atoms with Crippen molar-refractivity contribution in [1.29, 1.82) is 0 Å². The molecule has 0 aliphatic rings. The minimum absolute atomic E-state index is 0.148. The summed E-state index contributed by atoms with van der Waals surface area (Å²) in [6, 6.07) is 5.73. The zero-order valence-electron chi connectivity index (χ0n) is 7.18. The predicted octanol–water partition coefficient (Wildman–Crippen LogP) is 0.776. The minimum atomic E-state index is -1.55. The van der Waals surface area contributed by atoms with Gasteiger partial charge in [-0.25, -0.2) is 0 Å². The molecule has 14 heavy (non-hydrogen) atoms. The molecule has 0 atom stereocenters. The molecule has 0 spiro atoms. The van der Waals surface area contributed by atoms with Crippen LogP contribution in [0.25, 0.3) is 11.0 Å². The zero-order chi connectivity index (χ0) is 10.1. The summed E-state index contributed by atoms with van der Waals surface area (Å²) >= 11 is 0. The lowest BCUT2D eigenvalue weighted by Crippen LogP contribution is -2.00. The van der Waals surface area contributed by atoms with Crippen LogP contribution in [0.2, 0.25) is 0 Å². The van der Waals surface area contributed by atoms with Crippen molar-refractivity contribution in [2.45, 2.75) is 6.29 Å². The molecule has 72 valence electrons. The lowest BCUT2D eigenvalue weighted by molar-refractivity contribution is -0.0424. The average molecular weight is 192 g/mol. The molecule has 0 amide bonds. The minimum Gasteiger partial charge on any atom is -0.464 e. The van der Waals surface area contributed by atoms with Gasteiger partial charge in [-0.3, -0.25) is 4.79 Å². The Hall–Kier alpha value is -1.65. The van der Waals surface area contributed by atoms with Gasteiger partial charge in [-0.1, -0.05) is 6.07 Å². The molecule has 4 nitrogen and oxygen atoms in total. The zero-order valence-corrected chi connectivity index (χ0v) is 7.18. The van der Waals surface area contributed by atoms with Gasteiger partial charge in [0.25, 0.3) is 0 Å². The van der Waals surface area contributed by atoms with E-state index in [9.17, 15) is 4.79 Å². The van der Waals surface area contributed by atoms with Crippen molar-refractivity contribution in [3.05, 3.63) is 46.3 Å². The van der Waals surface area contributed by atoms with Crippen LogP contribution < -0.4 is 5.43 Å². The first-order valence-corrected chi connectivity index (χ1v) is 4.06. The molecule has 0 bridgehead atoms. The molecule has 0 fully saturated rings. The maximum Gasteiger partial charge on any atom is 0.192 e. The van der Waals surface area contributed by atoms with Crippen molar-refractivity contribution in [1.82, 2.24) is 0 Å². The SMILES string of the molecule is O=c1ccoc2cc(C(O)O)ccc12. The van der Waals surface area contributed by atoms with Gasteiger partial charge in [-0.15, -0.1) is 0 Å². The fourth-order valence-electron chi connectivity index (χ4n) is 1.26. The topological polar surface area (TPSA) is 70.7 Å². The molecule has 0 unspecified atom stereocenters. The third kappa shape index (κ3) is 1.41. The first-order valence-electron chi connectivity index (χ1n) is 4.06. The van der Waals surface area contributed by atoms with Gasteiger partial charge in [-0.2, -0.15) is 0 Å². The van der Waals surface area contributed by atoms with Crippen LogP contribution in [0.15, 0.2) is 39.7 Å². The maximum absolute atomic E-state index is 11.3. The van der Waals surface area contributed by atoms with Gasteiger partial charge in [0.2, 0.25) is 0 Å². The summed E-state index contributed by atoms with van der Waals surface area (Å²) in [4.78, 5) is 11.3. The summed E-state index contributed by atoms with van der Waals surface area (Å²) in [6.45, 7) is 0. The molecular weight excluding hydrogens is 184 g/mol. The second kappa shape index (κ2) is 3.25. The van der Waals surface area contributed by atoms with Gasteiger partial charge in [0.1, 0.15) is 5.58 Å². The van der Waals surface area contributed by atoms with Gasteiger partial charge >= 0.3 is 0 Å². The molecule has 0 aliphatic carbocycles. The van der Waals surface area contributed by atoms with Crippen LogP contribution in [0.1, 0.15) is 11.9 Å². The first kappa shape index (κ1) is 8.93. The highest BCUT2D eigenvalue weighted by Gasteiger charge is 2.05. The number of hydrogen-bond acceptors (Lipinski definition) is 4. The number of benzene rings is 1. The van der Waals surface area contributed by atoms with Crippen LogP contribution in [-0.2, 0) is 0 Å². The summed E-state index contributed by atoms with van der Waals surface area (Å²) < 4.78 is 5.06. The van der Waals surface area contributed by atoms with Gasteiger partial charge in [0.05, 0.1) is 11.6 Å². The molecule has 2 N–H and O–H groups in total. The molecule has 0 radical (unpaired) electrons. The van der Waals surface area contributed by atoms with Gasteiger partial charge < -0.3 is 14.6 Å². The Morgan fingerprint density at radius 3 is 2.71 bits per heavy atom. The normalized spacial score (nSPS) is 11.1. The quantitative estimate of drug-likeness (QED) is 0.655. The number of hydrogen-bond donors (Lipinski definition) is 2. The Balaban J connectivity index is 2.74. The smallest absolute Gasteiger partial charge is 0.192 e. The molecule has 1 heterocycles. The third-order valence-corrected chi connectivity index (χ3v) is 1.98. The highest BCUT2D eigenvalue weighted by Crippen LogP contribution is 2.16. The molecule has 4 heteroatoms. The molecule has 2 rings (SSSR count). The largest absolute Gasteiger partial charge is 0.464 e. The summed E-state index contributed by atoms with van der Waals surface area (Å²) in [7, 11) is 0. The molecule has 1 aromatic heterocycles. The van der Waals surface area contributed by atoms with Gasteiger partial charge in [-0.05, 0) is 12.1 Å². The van der Waals surface area contributed by atoms with Gasteiger partial charge in [0.15, 0.2) is 11.7 Å². The van der Waals surface area contributed by atoms with Crippen molar-refractivity contribution in [3.8, 4) is 0 Å². The Kier molecular flexibility index (Phi) is 2.07. The maximum atomic E-state index is 11.3. The summed E-state index contributed by atoms with van der Waals surface area (Å²) in [5.74, 6) is 0. The number of aliphatic hydroxyl groups excluding tert-OH is 1. The van der Waals surface area contributed by atoms with Crippen LogP contribution in [0.4, 0.5) is 0 Å². The van der Waals surface area contributed by atoms with Crippen LogP contribution in [-0.4, -0.2) is 10.2 Å². The average Bonchev–Trinajstić information content (AvgIpc) is 2.17. The van der Waals surface area contributed by atoms with E-state index >= 15 is 0 Å². The molecule has 1 aromatic carbocycles. The van der Waals surface area contributed by atoms with Crippen molar-refractivity contribution >= 4 is 11.0 Å². The second-order valence-electron chi connectivity index (χ2n) is 2.91. The van der Waals surface area contributed by atoms with E-state index in [0.29, 0.717) is 16.5 Å². The van der Waals surface area contributed by atoms with E-state index in [1.165, 1.54) is 30.5 Å². The summed E-state index contributed by atoms with van der Waals surface area (Å²) in [5, 5.41) is 18.2. The first-order chi connectivity index (χ1) is 6.68. The highest BCUT2D eigenvalue weighted by molar-refractivity contribution is 5.76. The monoisotopic (exact) mass is 192 g/mol. The fourth-order valence-corrected chi connectivity index (χ4v) is 1.26. The van der Waals surface area contributed by atoms with E-state index in [4.69, 9.17) is 14.6 Å². The Morgan fingerprint density at radius 2 is 2.00 bits per heavy atom. The standard InChI is InChI=1S/C10H8O4/c11-8-3-4-14-9-5-6(10(12)13)1-2-7(8)9/h1-5,10,12-13H.